The lowest BCUT2D eigenvalue weighted by Gasteiger charge is -2.30. The molecular weight excluding hydrogens is 514 g/mol. The highest BCUT2D eigenvalue weighted by Gasteiger charge is 2.31. The smallest absolute Gasteiger partial charge is 0.379 e. The summed E-state index contributed by atoms with van der Waals surface area (Å²) < 4.78 is 64.8. The first-order valence-electron chi connectivity index (χ1n) is 12.4. The number of alkyl halides is 3. The third-order valence-electron chi connectivity index (χ3n) is 6.58. The zero-order chi connectivity index (χ0) is 27.6. The highest BCUT2D eigenvalue weighted by atomic mass is 19.4. The Morgan fingerprint density at radius 2 is 1.87 bits per heavy atom. The van der Waals surface area contributed by atoms with Gasteiger partial charge in [0.25, 0.3) is 5.91 Å². The molecule has 2 fully saturated rings. The summed E-state index contributed by atoms with van der Waals surface area (Å²) >= 11 is 0. The topological polar surface area (TPSA) is 63.7 Å². The van der Waals surface area contributed by atoms with Crippen molar-refractivity contribution in [3.05, 3.63) is 76.9 Å². The van der Waals surface area contributed by atoms with E-state index in [2.05, 4.69) is 27.0 Å². The Morgan fingerprint density at radius 1 is 1.10 bits per heavy atom. The number of nitrogens with zero attached hydrogens (tertiary/aromatic N) is 2. The molecule has 10 heteroatoms. The van der Waals surface area contributed by atoms with Gasteiger partial charge in [-0.25, -0.2) is 9.37 Å². The zero-order valence-corrected chi connectivity index (χ0v) is 21.1. The van der Waals surface area contributed by atoms with E-state index < -0.39 is 23.5 Å². The van der Waals surface area contributed by atoms with Crippen LogP contribution in [-0.2, 0) is 15.7 Å². The first kappa shape index (κ1) is 26.7. The van der Waals surface area contributed by atoms with Gasteiger partial charge in [-0.3, -0.25) is 4.79 Å². The zero-order valence-electron chi connectivity index (χ0n) is 21.1. The van der Waals surface area contributed by atoms with Gasteiger partial charge in [-0.15, -0.1) is 0 Å². The van der Waals surface area contributed by atoms with E-state index in [0.717, 1.165) is 23.9 Å². The van der Waals surface area contributed by atoms with Gasteiger partial charge in [-0.05, 0) is 60.4 Å². The lowest BCUT2D eigenvalue weighted by molar-refractivity contribution is -0.137. The fraction of sp³-hybridized carbons (Fsp3) is 0.310. The number of pyridine rings is 1. The summed E-state index contributed by atoms with van der Waals surface area (Å²) in [5, 5.41) is 2.41. The van der Waals surface area contributed by atoms with Crippen molar-refractivity contribution in [2.75, 3.05) is 49.7 Å². The number of ether oxygens (including phenoxy) is 2. The molecule has 2 saturated heterocycles. The number of rotatable bonds is 4. The molecule has 3 heterocycles. The summed E-state index contributed by atoms with van der Waals surface area (Å²) in [6.45, 7) is 5.38. The summed E-state index contributed by atoms with van der Waals surface area (Å²) in [7, 11) is 0. The predicted octanol–water partition coefficient (Wildman–Crippen LogP) is 5.30. The Kier molecular flexibility index (Phi) is 7.55. The summed E-state index contributed by atoms with van der Waals surface area (Å²) in [4.78, 5) is 19.5. The van der Waals surface area contributed by atoms with Crippen LogP contribution in [0.25, 0.3) is 11.1 Å². The lowest BCUT2D eigenvalue weighted by Crippen LogP contribution is -2.36. The van der Waals surface area contributed by atoms with E-state index in [1.807, 2.05) is 6.07 Å². The van der Waals surface area contributed by atoms with Gasteiger partial charge < -0.3 is 19.7 Å². The van der Waals surface area contributed by atoms with Crippen LogP contribution in [0.2, 0.25) is 0 Å². The molecule has 0 unspecified atom stereocenters. The molecule has 2 aromatic carbocycles. The molecule has 1 amide bonds. The maximum absolute atomic E-state index is 14.9. The number of hydrogen-bond donors (Lipinski definition) is 1. The van der Waals surface area contributed by atoms with Crippen molar-refractivity contribution in [1.82, 2.24) is 4.98 Å². The van der Waals surface area contributed by atoms with Crippen molar-refractivity contribution in [2.45, 2.75) is 13.1 Å². The largest absolute Gasteiger partial charge is 0.416 e. The molecule has 0 saturated carbocycles. The number of amides is 1. The number of nitrogens with one attached hydrogen (secondary N) is 1. The number of aryl methyl sites for hydroxylation is 1. The van der Waals surface area contributed by atoms with Crippen LogP contribution in [0.1, 0.15) is 27.2 Å². The second-order valence-corrected chi connectivity index (χ2v) is 9.37. The minimum absolute atomic E-state index is 0.153. The van der Waals surface area contributed by atoms with Crippen molar-refractivity contribution < 1.29 is 31.8 Å². The van der Waals surface area contributed by atoms with Crippen molar-refractivity contribution in [3.8, 4) is 23.0 Å². The third kappa shape index (κ3) is 6.05. The lowest BCUT2D eigenvalue weighted by atomic mass is 9.99. The van der Waals surface area contributed by atoms with Gasteiger partial charge in [0, 0.05) is 30.4 Å². The molecule has 1 N–H and O–H groups in total. The standard InChI is InChI=1S/C29H25F4N3O3/c1-18-11-24(30)26(35-28(37)20-3-2-4-22(12-20)29(31,32)33)14-23(18)21-13-27(36-7-9-38-10-8-36)25(34-15-21)6-5-19-16-39-17-19/h2-4,11-15,19H,7-10,16-17H2,1H3,(H,35,37). The van der Waals surface area contributed by atoms with Crippen molar-refractivity contribution >= 4 is 17.3 Å². The number of anilines is 2. The fourth-order valence-electron chi connectivity index (χ4n) is 4.34. The monoisotopic (exact) mass is 539 g/mol. The normalized spacial score (nSPS) is 15.8. The summed E-state index contributed by atoms with van der Waals surface area (Å²) in [5.74, 6) is 4.97. The van der Waals surface area contributed by atoms with E-state index in [9.17, 15) is 22.4 Å². The van der Waals surface area contributed by atoms with Crippen LogP contribution in [0, 0.1) is 30.5 Å². The number of morpholine rings is 1. The maximum Gasteiger partial charge on any atom is 0.416 e. The van der Waals surface area contributed by atoms with Crippen LogP contribution < -0.4 is 10.2 Å². The van der Waals surface area contributed by atoms with Gasteiger partial charge in [-0.2, -0.15) is 13.2 Å². The van der Waals surface area contributed by atoms with E-state index in [0.29, 0.717) is 61.9 Å². The minimum atomic E-state index is -4.61. The Labute approximate surface area is 222 Å². The molecule has 1 aromatic heterocycles. The van der Waals surface area contributed by atoms with E-state index in [1.54, 1.807) is 13.1 Å². The van der Waals surface area contributed by atoms with Crippen molar-refractivity contribution in [3.63, 3.8) is 0 Å². The molecule has 39 heavy (non-hydrogen) atoms. The van der Waals surface area contributed by atoms with Crippen LogP contribution in [-0.4, -0.2) is 50.4 Å². The highest BCUT2D eigenvalue weighted by molar-refractivity contribution is 6.04. The molecule has 0 aliphatic carbocycles. The van der Waals surface area contributed by atoms with Gasteiger partial charge >= 0.3 is 6.18 Å². The van der Waals surface area contributed by atoms with Crippen molar-refractivity contribution in [1.29, 1.82) is 0 Å². The van der Waals surface area contributed by atoms with Gasteiger partial charge in [0.05, 0.1) is 49.3 Å². The fourth-order valence-corrected chi connectivity index (χ4v) is 4.34. The molecule has 0 radical (unpaired) electrons. The van der Waals surface area contributed by atoms with Crippen LogP contribution in [0.4, 0.5) is 28.9 Å². The first-order valence-corrected chi connectivity index (χ1v) is 12.4. The first-order chi connectivity index (χ1) is 18.7. The second-order valence-electron chi connectivity index (χ2n) is 9.37. The summed E-state index contributed by atoms with van der Waals surface area (Å²) in [5.41, 5.74) is 1.99. The number of carbonyl (C=O) groups excluding carboxylic acids is 1. The van der Waals surface area contributed by atoms with Crippen molar-refractivity contribution in [2.24, 2.45) is 5.92 Å². The maximum atomic E-state index is 14.9. The molecule has 5 rings (SSSR count). The number of halogens is 4. The van der Waals surface area contributed by atoms with Crippen LogP contribution in [0.15, 0.2) is 48.7 Å². The number of carbonyl (C=O) groups is 1. The average molecular weight is 540 g/mol. The van der Waals surface area contributed by atoms with Gasteiger partial charge in [0.1, 0.15) is 11.5 Å². The van der Waals surface area contributed by atoms with E-state index >= 15 is 0 Å². The highest BCUT2D eigenvalue weighted by Crippen LogP contribution is 2.33. The van der Waals surface area contributed by atoms with E-state index in [1.165, 1.54) is 18.2 Å². The SMILES string of the molecule is Cc1cc(F)c(NC(=O)c2cccc(C(F)(F)F)c2)cc1-c1cnc(C#CC2COC2)c(N2CCOCC2)c1. The van der Waals surface area contributed by atoms with Gasteiger partial charge in [0.2, 0.25) is 0 Å². The second kappa shape index (κ2) is 11.0. The minimum Gasteiger partial charge on any atom is -0.379 e. The van der Waals surface area contributed by atoms with E-state index in [4.69, 9.17) is 9.47 Å². The van der Waals surface area contributed by atoms with E-state index in [-0.39, 0.29) is 17.2 Å². The molecule has 0 atom stereocenters. The summed E-state index contributed by atoms with van der Waals surface area (Å²) in [6.07, 6.45) is -2.96. The molecule has 0 spiro atoms. The third-order valence-corrected chi connectivity index (χ3v) is 6.58. The predicted molar refractivity (Wildman–Crippen MR) is 138 cm³/mol. The molecular formula is C29H25F4N3O3. The van der Waals surface area contributed by atoms with Gasteiger partial charge in [-0.1, -0.05) is 12.0 Å². The Hall–Kier alpha value is -3.94. The molecule has 3 aromatic rings. The number of hydrogen-bond acceptors (Lipinski definition) is 5. The molecule has 2 aliphatic heterocycles. The summed E-state index contributed by atoms with van der Waals surface area (Å²) in [6, 6.07) is 8.65. The number of aromatic nitrogens is 1. The van der Waals surface area contributed by atoms with Gasteiger partial charge in [0.15, 0.2) is 0 Å². The Balaban J connectivity index is 1.47. The van der Waals surface area contributed by atoms with Crippen LogP contribution in [0.3, 0.4) is 0 Å². The van der Waals surface area contributed by atoms with Crippen LogP contribution >= 0.6 is 0 Å². The average Bonchev–Trinajstić information content (AvgIpc) is 2.89. The molecule has 2 aliphatic rings. The number of benzene rings is 2. The Bertz CT molecular complexity index is 1450. The quantitative estimate of drug-likeness (QED) is 0.360. The van der Waals surface area contributed by atoms with Crippen LogP contribution in [0.5, 0.6) is 0 Å². The Morgan fingerprint density at radius 3 is 2.56 bits per heavy atom. The molecule has 6 nitrogen and oxygen atoms in total. The molecule has 202 valence electrons. The molecule has 0 bridgehead atoms.